The van der Waals surface area contributed by atoms with Crippen LogP contribution in [0.15, 0.2) is 21.6 Å². The molecule has 31 heavy (non-hydrogen) atoms. The third kappa shape index (κ3) is 4.66. The Hall–Kier alpha value is -2.68. The number of nitrogens with zero attached hydrogens (tertiary/aromatic N) is 2. The van der Waals surface area contributed by atoms with Crippen LogP contribution < -0.4 is 5.32 Å². The number of sulfonamides is 1. The molecule has 0 bridgehead atoms. The highest BCUT2D eigenvalue weighted by atomic mass is 32.2. The molecule has 1 aliphatic rings. The van der Waals surface area contributed by atoms with Gasteiger partial charge >= 0.3 is 5.97 Å². The molecule has 0 spiro atoms. The molecule has 1 saturated heterocycles. The van der Waals surface area contributed by atoms with E-state index in [-0.39, 0.29) is 42.4 Å². The Balaban J connectivity index is 1.64. The number of carbonyl (C=O) groups is 2. The number of thiophene rings is 1. The van der Waals surface area contributed by atoms with Crippen molar-refractivity contribution in [2.45, 2.75) is 38.7 Å². The zero-order chi connectivity index (χ0) is 22.8. The van der Waals surface area contributed by atoms with Gasteiger partial charge < -0.3 is 14.5 Å². The Kier molecular flexibility index (Phi) is 6.83. The van der Waals surface area contributed by atoms with E-state index >= 15 is 0 Å². The predicted octanol–water partition coefficient (Wildman–Crippen LogP) is 3.05. The second-order valence-electron chi connectivity index (χ2n) is 7.11. The Bertz CT molecular complexity index is 1130. The van der Waals surface area contributed by atoms with E-state index in [0.29, 0.717) is 23.4 Å². The third-order valence-electron chi connectivity index (χ3n) is 5.21. The monoisotopic (exact) mass is 465 g/mol. The highest BCUT2D eigenvalue weighted by Crippen LogP contribution is 2.33. The lowest BCUT2D eigenvalue weighted by molar-refractivity contribution is -0.120. The summed E-state index contributed by atoms with van der Waals surface area (Å²) in [6, 6.07) is 4.61. The van der Waals surface area contributed by atoms with E-state index in [1.807, 2.05) is 13.8 Å². The zero-order valence-electron chi connectivity index (χ0n) is 17.4. The van der Waals surface area contributed by atoms with E-state index in [0.717, 1.165) is 10.4 Å². The molecule has 9 nitrogen and oxygen atoms in total. The zero-order valence-corrected chi connectivity index (χ0v) is 19.1. The number of amides is 1. The van der Waals surface area contributed by atoms with Gasteiger partial charge in [-0.3, -0.25) is 4.79 Å². The standard InChI is InChI=1S/C20H23N3O6S2/c1-4-28-20(25)16-5-6-17(29-16)31(26,27)23-9-7-14(8-10-23)18(24)22-19-15(11-21)12(2)13(3)30-19/h5-6,14H,4,7-10H2,1-3H3,(H,22,24). The molecule has 2 aromatic heterocycles. The van der Waals surface area contributed by atoms with Crippen LogP contribution in [0.5, 0.6) is 0 Å². The molecular weight excluding hydrogens is 442 g/mol. The summed E-state index contributed by atoms with van der Waals surface area (Å²) in [5.41, 5.74) is 1.32. The van der Waals surface area contributed by atoms with Crippen molar-refractivity contribution >= 4 is 38.2 Å². The number of carbonyl (C=O) groups excluding carboxylic acids is 2. The molecule has 3 rings (SSSR count). The molecule has 166 valence electrons. The van der Waals surface area contributed by atoms with Crippen molar-refractivity contribution in [2.75, 3.05) is 25.0 Å². The minimum atomic E-state index is -3.92. The molecule has 0 aromatic carbocycles. The van der Waals surface area contributed by atoms with Crippen LogP contribution in [0.1, 0.15) is 46.3 Å². The van der Waals surface area contributed by atoms with Crippen LogP contribution in [0, 0.1) is 31.1 Å². The van der Waals surface area contributed by atoms with Gasteiger partial charge in [0.2, 0.25) is 16.8 Å². The SMILES string of the molecule is CCOC(=O)c1ccc(S(=O)(=O)N2CCC(C(=O)Nc3sc(C)c(C)c3C#N)CC2)o1. The molecule has 1 amide bonds. The molecular formula is C20H23N3O6S2. The lowest BCUT2D eigenvalue weighted by atomic mass is 9.97. The van der Waals surface area contributed by atoms with Crippen LogP contribution in [0.2, 0.25) is 0 Å². The van der Waals surface area contributed by atoms with Gasteiger partial charge in [-0.05, 0) is 51.3 Å². The molecule has 1 N–H and O–H groups in total. The van der Waals surface area contributed by atoms with E-state index in [1.165, 1.54) is 27.8 Å². The van der Waals surface area contributed by atoms with Crippen LogP contribution in [-0.4, -0.2) is 44.3 Å². The first-order valence-electron chi connectivity index (χ1n) is 9.77. The molecule has 3 heterocycles. The molecule has 0 saturated carbocycles. The minimum Gasteiger partial charge on any atom is -0.460 e. The van der Waals surface area contributed by atoms with Crippen molar-refractivity contribution in [3.05, 3.63) is 33.9 Å². The summed E-state index contributed by atoms with van der Waals surface area (Å²) >= 11 is 1.36. The Morgan fingerprint density at radius 2 is 2.00 bits per heavy atom. The molecule has 11 heteroatoms. The minimum absolute atomic E-state index is 0.142. The fourth-order valence-corrected chi connectivity index (χ4v) is 5.71. The number of piperidine rings is 1. The fourth-order valence-electron chi connectivity index (χ4n) is 3.32. The second-order valence-corrected chi connectivity index (χ2v) is 10.2. The van der Waals surface area contributed by atoms with Gasteiger partial charge in [0.25, 0.3) is 10.0 Å². The number of rotatable bonds is 6. The summed E-state index contributed by atoms with van der Waals surface area (Å²) in [7, 11) is -3.92. The molecule has 2 aromatic rings. The second kappa shape index (κ2) is 9.21. The lowest BCUT2D eigenvalue weighted by Crippen LogP contribution is -2.41. The largest absolute Gasteiger partial charge is 0.460 e. The predicted molar refractivity (Wildman–Crippen MR) is 113 cm³/mol. The number of hydrogen-bond donors (Lipinski definition) is 1. The van der Waals surface area contributed by atoms with Crippen LogP contribution in [-0.2, 0) is 19.6 Å². The first-order chi connectivity index (χ1) is 14.7. The van der Waals surface area contributed by atoms with Crippen molar-refractivity contribution in [3.63, 3.8) is 0 Å². The highest BCUT2D eigenvalue weighted by Gasteiger charge is 2.34. The first-order valence-corrected chi connectivity index (χ1v) is 12.0. The van der Waals surface area contributed by atoms with Crippen LogP contribution in [0.25, 0.3) is 0 Å². The van der Waals surface area contributed by atoms with Gasteiger partial charge in [0.05, 0.1) is 12.2 Å². The maximum absolute atomic E-state index is 12.8. The number of nitriles is 1. The third-order valence-corrected chi connectivity index (χ3v) is 8.11. The van der Waals surface area contributed by atoms with E-state index in [9.17, 15) is 23.3 Å². The van der Waals surface area contributed by atoms with Crippen molar-refractivity contribution in [1.82, 2.24) is 4.31 Å². The quantitative estimate of drug-likeness (QED) is 0.649. The van der Waals surface area contributed by atoms with Crippen LogP contribution in [0.3, 0.4) is 0 Å². The van der Waals surface area contributed by atoms with Gasteiger partial charge in [0, 0.05) is 23.9 Å². The van der Waals surface area contributed by atoms with Gasteiger partial charge in [0.1, 0.15) is 11.1 Å². The lowest BCUT2D eigenvalue weighted by Gasteiger charge is -2.29. The average Bonchev–Trinajstić information content (AvgIpc) is 3.34. The Labute approximate surface area is 184 Å². The summed E-state index contributed by atoms with van der Waals surface area (Å²) in [6.45, 7) is 5.80. The van der Waals surface area contributed by atoms with Gasteiger partial charge in [-0.25, -0.2) is 13.2 Å². The Morgan fingerprint density at radius 1 is 1.32 bits per heavy atom. The van der Waals surface area contributed by atoms with Crippen molar-refractivity contribution in [2.24, 2.45) is 5.92 Å². The fraction of sp³-hybridized carbons (Fsp3) is 0.450. The number of hydrogen-bond acceptors (Lipinski definition) is 8. The molecule has 0 unspecified atom stereocenters. The number of esters is 1. The number of nitrogens with one attached hydrogen (secondary N) is 1. The van der Waals surface area contributed by atoms with E-state index < -0.39 is 16.0 Å². The maximum atomic E-state index is 12.8. The van der Waals surface area contributed by atoms with Crippen LogP contribution >= 0.6 is 11.3 Å². The Morgan fingerprint density at radius 3 is 2.61 bits per heavy atom. The van der Waals surface area contributed by atoms with E-state index in [2.05, 4.69) is 11.4 Å². The molecule has 1 aliphatic heterocycles. The normalized spacial score (nSPS) is 15.4. The summed E-state index contributed by atoms with van der Waals surface area (Å²) < 4.78 is 36.9. The topological polar surface area (TPSA) is 130 Å². The number of aryl methyl sites for hydroxylation is 1. The summed E-state index contributed by atoms with van der Waals surface area (Å²) in [5.74, 6) is -1.50. The van der Waals surface area contributed by atoms with Gasteiger partial charge in [-0.1, -0.05) is 0 Å². The number of furan rings is 1. The van der Waals surface area contributed by atoms with Crippen molar-refractivity contribution < 1.29 is 27.2 Å². The summed E-state index contributed by atoms with van der Waals surface area (Å²) in [5, 5.41) is 12.3. The number of ether oxygens (including phenoxy) is 1. The first kappa shape index (κ1) is 23.0. The van der Waals surface area contributed by atoms with Gasteiger partial charge in [-0.2, -0.15) is 9.57 Å². The van der Waals surface area contributed by atoms with Crippen molar-refractivity contribution in [3.8, 4) is 6.07 Å². The van der Waals surface area contributed by atoms with Gasteiger partial charge in [-0.15, -0.1) is 11.3 Å². The van der Waals surface area contributed by atoms with Crippen molar-refractivity contribution in [1.29, 1.82) is 5.26 Å². The smallest absolute Gasteiger partial charge is 0.374 e. The average molecular weight is 466 g/mol. The van der Waals surface area contributed by atoms with Crippen LogP contribution in [0.4, 0.5) is 5.00 Å². The highest BCUT2D eigenvalue weighted by molar-refractivity contribution is 7.89. The van der Waals surface area contributed by atoms with Gasteiger partial charge in [0.15, 0.2) is 0 Å². The molecule has 0 radical (unpaired) electrons. The summed E-state index contributed by atoms with van der Waals surface area (Å²) in [6.07, 6.45) is 0.670. The molecule has 1 fully saturated rings. The maximum Gasteiger partial charge on any atom is 0.374 e. The number of anilines is 1. The molecule has 0 aliphatic carbocycles. The van der Waals surface area contributed by atoms with E-state index in [1.54, 1.807) is 6.92 Å². The molecule has 0 atom stereocenters. The van der Waals surface area contributed by atoms with E-state index in [4.69, 9.17) is 9.15 Å². The summed E-state index contributed by atoms with van der Waals surface area (Å²) in [4.78, 5) is 25.3.